The maximum atomic E-state index is 13.8. The average Bonchev–Trinajstić information content (AvgIpc) is 3.42. The molecule has 48 heavy (non-hydrogen) atoms. The van der Waals surface area contributed by atoms with Crippen LogP contribution in [0.25, 0.3) is 22.4 Å². The Labute approximate surface area is 278 Å². The molecule has 4 rings (SSSR count). The number of carbonyl (C=O) groups excluding carboxylic acids is 1. The molecular formula is C34H33ClF6N2O5. The Balaban J connectivity index is 1.51. The normalized spacial score (nSPS) is 11.9. The Morgan fingerprint density at radius 2 is 1.54 bits per heavy atom. The highest BCUT2D eigenvalue weighted by molar-refractivity contribution is 6.31. The van der Waals surface area contributed by atoms with Crippen LogP contribution in [0.4, 0.5) is 26.3 Å². The molecule has 0 saturated heterocycles. The molecule has 1 heterocycles. The summed E-state index contributed by atoms with van der Waals surface area (Å²) in [6, 6.07) is 16.4. The number of aromatic nitrogens is 2. The van der Waals surface area contributed by atoms with Gasteiger partial charge in [-0.1, -0.05) is 48.0 Å². The highest BCUT2D eigenvalue weighted by Crippen LogP contribution is 2.48. The third-order valence-electron chi connectivity index (χ3n) is 7.05. The fourth-order valence-electron chi connectivity index (χ4n) is 4.81. The van der Waals surface area contributed by atoms with Gasteiger partial charge in [-0.15, -0.1) is 0 Å². The molecule has 0 saturated carbocycles. The van der Waals surface area contributed by atoms with Crippen LogP contribution in [0, 0.1) is 0 Å². The largest absolute Gasteiger partial charge is 0.493 e. The summed E-state index contributed by atoms with van der Waals surface area (Å²) in [6.45, 7) is 3.05. The Hall–Kier alpha value is -4.07. The molecule has 0 aliphatic rings. The van der Waals surface area contributed by atoms with Gasteiger partial charge < -0.3 is 18.9 Å². The van der Waals surface area contributed by atoms with Crippen LogP contribution in [0.1, 0.15) is 43.0 Å². The van der Waals surface area contributed by atoms with Crippen molar-refractivity contribution in [1.29, 1.82) is 0 Å². The Morgan fingerprint density at radius 1 is 0.833 bits per heavy atom. The SMILES string of the molecule is CC(=O)Oc1c(-c2cc(C(F)(F)F)nn2C)ccc(OCCCCCOCCOCc2ccccc2)c1-c1ccc(Cl)c(C(F)(F)F)c1. The summed E-state index contributed by atoms with van der Waals surface area (Å²) in [5.74, 6) is -1.10. The van der Waals surface area contributed by atoms with E-state index < -0.39 is 34.6 Å². The molecule has 4 aromatic rings. The number of nitrogens with zero attached hydrogens (tertiary/aromatic N) is 2. The van der Waals surface area contributed by atoms with Gasteiger partial charge in [0.05, 0.1) is 48.3 Å². The molecule has 0 atom stereocenters. The van der Waals surface area contributed by atoms with Crippen molar-refractivity contribution in [3.63, 3.8) is 0 Å². The van der Waals surface area contributed by atoms with E-state index in [-0.39, 0.29) is 40.5 Å². The van der Waals surface area contributed by atoms with Crippen molar-refractivity contribution >= 4 is 17.6 Å². The molecule has 3 aromatic carbocycles. The summed E-state index contributed by atoms with van der Waals surface area (Å²) in [4.78, 5) is 12.2. The van der Waals surface area contributed by atoms with Crippen LogP contribution >= 0.6 is 11.6 Å². The van der Waals surface area contributed by atoms with Crippen LogP contribution in [0.15, 0.2) is 66.7 Å². The van der Waals surface area contributed by atoms with Gasteiger partial charge in [0.15, 0.2) is 11.4 Å². The number of hydrogen-bond acceptors (Lipinski definition) is 6. The zero-order chi connectivity index (χ0) is 34.9. The monoisotopic (exact) mass is 698 g/mol. The van der Waals surface area contributed by atoms with Gasteiger partial charge in [0, 0.05) is 26.1 Å². The Bertz CT molecular complexity index is 1680. The summed E-state index contributed by atoms with van der Waals surface area (Å²) in [6.07, 6.45) is -7.65. The van der Waals surface area contributed by atoms with Crippen LogP contribution in [0.3, 0.4) is 0 Å². The fourth-order valence-corrected chi connectivity index (χ4v) is 5.04. The number of unbranched alkanes of at least 4 members (excludes halogenated alkanes) is 2. The number of halogens is 7. The second kappa shape index (κ2) is 16.4. The van der Waals surface area contributed by atoms with Crippen LogP contribution in [0.5, 0.6) is 11.5 Å². The van der Waals surface area contributed by atoms with Crippen molar-refractivity contribution in [2.24, 2.45) is 7.05 Å². The first-order valence-corrected chi connectivity index (χ1v) is 15.3. The lowest BCUT2D eigenvalue weighted by Crippen LogP contribution is -2.09. The highest BCUT2D eigenvalue weighted by Gasteiger charge is 2.36. The standard InChI is InChI=1S/C34H33ClF6N2O5/c1-22(44)48-32-25(28-20-30(34(39,40)41)42-43(28)2)12-14-29(31(32)24-11-13-27(35)26(19-24)33(36,37)38)47-16-8-4-7-15-45-17-18-46-21-23-9-5-3-6-10-23/h3,5-6,9-14,19-20H,4,7-8,15-18,21H2,1-2H3. The van der Waals surface area contributed by atoms with Crippen molar-refractivity contribution in [2.75, 3.05) is 26.4 Å². The number of esters is 1. The van der Waals surface area contributed by atoms with E-state index in [0.717, 1.165) is 35.4 Å². The maximum Gasteiger partial charge on any atom is 0.435 e. The van der Waals surface area contributed by atoms with Gasteiger partial charge in [-0.2, -0.15) is 31.4 Å². The van der Waals surface area contributed by atoms with E-state index >= 15 is 0 Å². The minimum atomic E-state index is -4.83. The van der Waals surface area contributed by atoms with E-state index in [2.05, 4.69) is 5.10 Å². The summed E-state index contributed by atoms with van der Waals surface area (Å²) >= 11 is 5.86. The molecule has 0 radical (unpaired) electrons. The molecule has 0 N–H and O–H groups in total. The van der Waals surface area contributed by atoms with Crippen molar-refractivity contribution < 1.29 is 50.1 Å². The van der Waals surface area contributed by atoms with Crippen molar-refractivity contribution in [2.45, 2.75) is 45.1 Å². The fraction of sp³-hybridized carbons (Fsp3) is 0.353. The van der Waals surface area contributed by atoms with Crippen molar-refractivity contribution in [3.05, 3.63) is 88.6 Å². The quantitative estimate of drug-likeness (QED) is 0.0534. The minimum absolute atomic E-state index is 0.0218. The van der Waals surface area contributed by atoms with E-state index in [1.54, 1.807) is 0 Å². The molecule has 14 heteroatoms. The van der Waals surface area contributed by atoms with Gasteiger partial charge in [0.1, 0.15) is 5.75 Å². The summed E-state index contributed by atoms with van der Waals surface area (Å²) in [5, 5.41) is 2.95. The first-order chi connectivity index (χ1) is 22.8. The van der Waals surface area contributed by atoms with E-state index in [9.17, 15) is 31.1 Å². The van der Waals surface area contributed by atoms with E-state index in [0.29, 0.717) is 45.7 Å². The number of benzene rings is 3. The summed E-state index contributed by atoms with van der Waals surface area (Å²) < 4.78 is 106. The number of carbonyl (C=O) groups is 1. The third-order valence-corrected chi connectivity index (χ3v) is 7.38. The third kappa shape index (κ3) is 9.97. The molecule has 0 bridgehead atoms. The Kier molecular flexibility index (Phi) is 12.5. The predicted molar refractivity (Wildman–Crippen MR) is 167 cm³/mol. The second-order valence-corrected chi connectivity index (χ2v) is 11.1. The smallest absolute Gasteiger partial charge is 0.435 e. The van der Waals surface area contributed by atoms with Crippen LogP contribution in [-0.2, 0) is 40.3 Å². The number of rotatable bonds is 15. The lowest BCUT2D eigenvalue weighted by atomic mass is 9.96. The zero-order valence-corrected chi connectivity index (χ0v) is 26.8. The molecular weight excluding hydrogens is 666 g/mol. The van der Waals surface area contributed by atoms with Gasteiger partial charge in [-0.3, -0.25) is 9.48 Å². The lowest BCUT2D eigenvalue weighted by molar-refractivity contribution is -0.141. The summed E-state index contributed by atoms with van der Waals surface area (Å²) in [7, 11) is 1.26. The van der Waals surface area contributed by atoms with Gasteiger partial charge in [-0.05, 0) is 60.7 Å². The van der Waals surface area contributed by atoms with Gasteiger partial charge >= 0.3 is 18.3 Å². The molecule has 0 fully saturated rings. The van der Waals surface area contributed by atoms with E-state index in [1.165, 1.54) is 25.2 Å². The van der Waals surface area contributed by atoms with Crippen LogP contribution in [0.2, 0.25) is 5.02 Å². The molecule has 7 nitrogen and oxygen atoms in total. The average molecular weight is 699 g/mol. The summed E-state index contributed by atoms with van der Waals surface area (Å²) in [5.41, 5.74) is -1.56. The highest BCUT2D eigenvalue weighted by atomic mass is 35.5. The van der Waals surface area contributed by atoms with Gasteiger partial charge in [0.25, 0.3) is 0 Å². The molecule has 1 aromatic heterocycles. The van der Waals surface area contributed by atoms with Crippen molar-refractivity contribution in [3.8, 4) is 33.9 Å². The Morgan fingerprint density at radius 3 is 2.21 bits per heavy atom. The molecule has 0 amide bonds. The number of aryl methyl sites for hydroxylation is 1. The molecule has 258 valence electrons. The van der Waals surface area contributed by atoms with E-state index in [4.69, 9.17) is 30.5 Å². The van der Waals surface area contributed by atoms with Crippen molar-refractivity contribution in [1.82, 2.24) is 9.78 Å². The van der Waals surface area contributed by atoms with Gasteiger partial charge in [0.2, 0.25) is 0 Å². The minimum Gasteiger partial charge on any atom is -0.493 e. The topological polar surface area (TPSA) is 71.8 Å². The first-order valence-electron chi connectivity index (χ1n) is 14.9. The number of alkyl halides is 6. The molecule has 0 aliphatic carbocycles. The zero-order valence-electron chi connectivity index (χ0n) is 26.1. The first kappa shape index (κ1) is 36.8. The second-order valence-electron chi connectivity index (χ2n) is 10.7. The van der Waals surface area contributed by atoms with Gasteiger partial charge in [-0.25, -0.2) is 0 Å². The predicted octanol–water partition coefficient (Wildman–Crippen LogP) is 9.15. The number of ether oxygens (including phenoxy) is 4. The lowest BCUT2D eigenvalue weighted by Gasteiger charge is -2.20. The molecule has 0 aliphatic heterocycles. The molecule has 0 unspecified atom stereocenters. The molecule has 0 spiro atoms. The van der Waals surface area contributed by atoms with E-state index in [1.807, 2.05) is 30.3 Å². The van der Waals surface area contributed by atoms with Crippen LogP contribution < -0.4 is 9.47 Å². The number of hydrogen-bond donors (Lipinski definition) is 0. The maximum absolute atomic E-state index is 13.8. The van der Waals surface area contributed by atoms with Crippen LogP contribution in [-0.4, -0.2) is 42.2 Å².